The molecule has 0 bridgehead atoms. The van der Waals surface area contributed by atoms with Crippen molar-refractivity contribution in [1.82, 2.24) is 14.9 Å². The van der Waals surface area contributed by atoms with Gasteiger partial charge in [0.05, 0.1) is 6.54 Å². The fraction of sp³-hybridized carbons (Fsp3) is 0.176. The lowest BCUT2D eigenvalue weighted by atomic mass is 10.1. The second-order valence-corrected chi connectivity index (χ2v) is 5.20. The molecule has 0 saturated heterocycles. The third kappa shape index (κ3) is 3.01. The van der Waals surface area contributed by atoms with Gasteiger partial charge in [-0.1, -0.05) is 18.2 Å². The topological polar surface area (TPSA) is 49.0 Å². The molecular formula is C17H17N3O. The Morgan fingerprint density at radius 2 is 1.95 bits per heavy atom. The first kappa shape index (κ1) is 13.5. The van der Waals surface area contributed by atoms with Crippen molar-refractivity contribution in [2.45, 2.75) is 6.54 Å². The van der Waals surface area contributed by atoms with E-state index in [1.54, 1.807) is 18.6 Å². The average Bonchev–Trinajstić information content (AvgIpc) is 2.92. The molecule has 1 N–H and O–H groups in total. The van der Waals surface area contributed by atoms with Gasteiger partial charge in [0.1, 0.15) is 0 Å². The van der Waals surface area contributed by atoms with Crippen LogP contribution < -0.4 is 0 Å². The van der Waals surface area contributed by atoms with Gasteiger partial charge in [0.15, 0.2) is 5.78 Å². The molecule has 0 radical (unpaired) electrons. The molecule has 106 valence electrons. The van der Waals surface area contributed by atoms with Crippen molar-refractivity contribution >= 4 is 16.7 Å². The molecule has 2 aromatic heterocycles. The molecule has 21 heavy (non-hydrogen) atoms. The first-order chi connectivity index (χ1) is 10.2. The lowest BCUT2D eigenvalue weighted by molar-refractivity contribution is 0.0944. The summed E-state index contributed by atoms with van der Waals surface area (Å²) in [4.78, 5) is 21.6. The lowest BCUT2D eigenvalue weighted by Crippen LogP contribution is -2.25. The number of Topliss-reactive ketones (excluding diaryl/α,β-unsaturated/α-hetero) is 1. The molecule has 1 aromatic carbocycles. The summed E-state index contributed by atoms with van der Waals surface area (Å²) >= 11 is 0. The van der Waals surface area contributed by atoms with E-state index in [1.807, 2.05) is 48.3 Å². The predicted octanol–water partition coefficient (Wildman–Crippen LogP) is 2.88. The van der Waals surface area contributed by atoms with E-state index in [0.29, 0.717) is 6.54 Å². The minimum atomic E-state index is 0.129. The maximum Gasteiger partial charge on any atom is 0.178 e. The number of aromatic nitrogens is 2. The normalized spacial score (nSPS) is 11.1. The first-order valence-corrected chi connectivity index (χ1v) is 6.91. The second kappa shape index (κ2) is 5.89. The minimum Gasteiger partial charge on any atom is -0.360 e. The number of hydrogen-bond donors (Lipinski definition) is 1. The van der Waals surface area contributed by atoms with Gasteiger partial charge in [-0.15, -0.1) is 0 Å². The van der Waals surface area contributed by atoms with E-state index in [4.69, 9.17) is 0 Å². The smallest absolute Gasteiger partial charge is 0.178 e. The van der Waals surface area contributed by atoms with Gasteiger partial charge in [-0.25, -0.2) is 0 Å². The molecule has 0 saturated carbocycles. The monoisotopic (exact) mass is 279 g/mol. The molecule has 4 heteroatoms. The van der Waals surface area contributed by atoms with Crippen molar-refractivity contribution in [3.05, 3.63) is 66.1 Å². The van der Waals surface area contributed by atoms with E-state index in [0.717, 1.165) is 28.6 Å². The van der Waals surface area contributed by atoms with E-state index < -0.39 is 0 Å². The largest absolute Gasteiger partial charge is 0.360 e. The highest BCUT2D eigenvalue weighted by Crippen LogP contribution is 2.18. The number of aromatic amines is 1. The number of rotatable bonds is 5. The molecule has 4 nitrogen and oxygen atoms in total. The van der Waals surface area contributed by atoms with Gasteiger partial charge in [0.25, 0.3) is 0 Å². The van der Waals surface area contributed by atoms with Crippen LogP contribution in [-0.4, -0.2) is 34.2 Å². The van der Waals surface area contributed by atoms with Crippen LogP contribution in [0.25, 0.3) is 10.9 Å². The van der Waals surface area contributed by atoms with Gasteiger partial charge >= 0.3 is 0 Å². The summed E-state index contributed by atoms with van der Waals surface area (Å²) in [6.07, 6.45) is 5.34. The maximum absolute atomic E-state index is 12.4. The molecule has 0 aliphatic heterocycles. The van der Waals surface area contributed by atoms with Crippen molar-refractivity contribution in [2.75, 3.05) is 13.6 Å². The number of fused-ring (bicyclic) bond motifs is 1. The summed E-state index contributed by atoms with van der Waals surface area (Å²) in [5.41, 5.74) is 2.91. The van der Waals surface area contributed by atoms with Gasteiger partial charge in [-0.2, -0.15) is 0 Å². The van der Waals surface area contributed by atoms with Crippen LogP contribution in [0.5, 0.6) is 0 Å². The number of ketones is 1. The van der Waals surface area contributed by atoms with Crippen LogP contribution in [0, 0.1) is 0 Å². The molecule has 3 aromatic rings. The van der Waals surface area contributed by atoms with Crippen molar-refractivity contribution < 1.29 is 4.79 Å². The summed E-state index contributed by atoms with van der Waals surface area (Å²) in [5, 5.41) is 0.986. The Hall–Kier alpha value is -2.46. The summed E-state index contributed by atoms with van der Waals surface area (Å²) < 4.78 is 0. The third-order valence-corrected chi connectivity index (χ3v) is 3.51. The highest BCUT2D eigenvalue weighted by atomic mass is 16.1. The number of carbonyl (C=O) groups excluding carboxylic acids is 1. The van der Waals surface area contributed by atoms with E-state index >= 15 is 0 Å². The summed E-state index contributed by atoms with van der Waals surface area (Å²) in [6.45, 7) is 1.13. The number of likely N-dealkylation sites (N-methyl/N-ethyl adjacent to an activating group) is 1. The zero-order valence-electron chi connectivity index (χ0n) is 11.9. The minimum absolute atomic E-state index is 0.129. The van der Waals surface area contributed by atoms with E-state index in [1.165, 1.54) is 0 Å². The average molecular weight is 279 g/mol. The van der Waals surface area contributed by atoms with E-state index in [9.17, 15) is 4.79 Å². The van der Waals surface area contributed by atoms with Crippen molar-refractivity contribution in [3.8, 4) is 0 Å². The van der Waals surface area contributed by atoms with Crippen molar-refractivity contribution in [2.24, 2.45) is 0 Å². The van der Waals surface area contributed by atoms with Crippen LogP contribution in [0.1, 0.15) is 15.9 Å². The van der Waals surface area contributed by atoms with Gasteiger partial charge in [0.2, 0.25) is 0 Å². The summed E-state index contributed by atoms with van der Waals surface area (Å²) in [5.74, 6) is 0.129. The quantitative estimate of drug-likeness (QED) is 0.731. The first-order valence-electron chi connectivity index (χ1n) is 6.91. The standard InChI is InChI=1S/C17H17N3O/c1-20(11-13-6-8-18-9-7-13)12-17(21)15-10-19-16-5-3-2-4-14(15)16/h2-10,19H,11-12H2,1H3. The molecule has 3 rings (SSSR count). The van der Waals surface area contributed by atoms with Crippen LogP contribution in [0.4, 0.5) is 0 Å². The number of carbonyl (C=O) groups is 1. The Balaban J connectivity index is 1.71. The van der Waals surface area contributed by atoms with Crippen LogP contribution in [0.15, 0.2) is 55.0 Å². The molecule has 0 fully saturated rings. The number of pyridine rings is 1. The zero-order valence-corrected chi connectivity index (χ0v) is 11.9. The van der Waals surface area contributed by atoms with Crippen LogP contribution in [0.2, 0.25) is 0 Å². The number of benzene rings is 1. The number of nitrogens with one attached hydrogen (secondary N) is 1. The Labute approximate surface area is 123 Å². The summed E-state index contributed by atoms with van der Waals surface area (Å²) in [7, 11) is 1.95. The predicted molar refractivity (Wildman–Crippen MR) is 83.2 cm³/mol. The molecule has 0 aliphatic carbocycles. The number of nitrogens with zero attached hydrogens (tertiary/aromatic N) is 2. The molecular weight excluding hydrogens is 262 g/mol. The molecule has 2 heterocycles. The highest BCUT2D eigenvalue weighted by Gasteiger charge is 2.13. The van der Waals surface area contributed by atoms with Gasteiger partial charge in [-0.3, -0.25) is 14.7 Å². The van der Waals surface area contributed by atoms with Gasteiger partial charge in [-0.05, 0) is 30.8 Å². The molecule has 0 atom stereocenters. The SMILES string of the molecule is CN(CC(=O)c1c[nH]c2ccccc12)Cc1ccncc1. The Morgan fingerprint density at radius 3 is 2.76 bits per heavy atom. The number of H-pyrrole nitrogens is 1. The number of para-hydroxylation sites is 1. The zero-order chi connectivity index (χ0) is 14.7. The molecule has 0 aliphatic rings. The van der Waals surface area contributed by atoms with Crippen LogP contribution in [-0.2, 0) is 6.54 Å². The van der Waals surface area contributed by atoms with E-state index in [2.05, 4.69) is 9.97 Å². The number of hydrogen-bond acceptors (Lipinski definition) is 3. The fourth-order valence-corrected chi connectivity index (χ4v) is 2.49. The third-order valence-electron chi connectivity index (χ3n) is 3.51. The van der Waals surface area contributed by atoms with E-state index in [-0.39, 0.29) is 5.78 Å². The maximum atomic E-state index is 12.4. The Bertz CT molecular complexity index is 749. The van der Waals surface area contributed by atoms with Crippen molar-refractivity contribution in [1.29, 1.82) is 0 Å². The Kier molecular flexibility index (Phi) is 3.79. The molecule has 0 spiro atoms. The lowest BCUT2D eigenvalue weighted by Gasteiger charge is -2.15. The highest BCUT2D eigenvalue weighted by molar-refractivity contribution is 6.08. The van der Waals surface area contributed by atoms with Crippen LogP contribution >= 0.6 is 0 Å². The van der Waals surface area contributed by atoms with Crippen molar-refractivity contribution in [3.63, 3.8) is 0 Å². The van der Waals surface area contributed by atoms with Crippen LogP contribution in [0.3, 0.4) is 0 Å². The molecule has 0 unspecified atom stereocenters. The fourth-order valence-electron chi connectivity index (χ4n) is 2.49. The van der Waals surface area contributed by atoms with Gasteiger partial charge < -0.3 is 4.98 Å². The summed E-state index contributed by atoms with van der Waals surface area (Å²) in [6, 6.07) is 11.8. The van der Waals surface area contributed by atoms with Gasteiger partial charge in [0, 0.05) is 41.6 Å². The second-order valence-electron chi connectivity index (χ2n) is 5.20. The molecule has 0 amide bonds. The Morgan fingerprint density at radius 1 is 1.19 bits per heavy atom.